The first-order valence-corrected chi connectivity index (χ1v) is 25.6. The van der Waals surface area contributed by atoms with Gasteiger partial charge in [0.2, 0.25) is 5.88 Å². The molecule has 4 aliphatic heterocycles. The molecule has 2 saturated heterocycles. The smallest absolute Gasteiger partial charge is 0.297 e. The van der Waals surface area contributed by atoms with Crippen molar-refractivity contribution < 1.29 is 27.6 Å². The number of H-pyrrole nitrogens is 1. The molecule has 0 radical (unpaired) electrons. The number of piperazine rings is 2. The highest BCUT2D eigenvalue weighted by Crippen LogP contribution is 2.45. The number of pyridine rings is 1. The lowest BCUT2D eigenvalue weighted by Crippen LogP contribution is -2.50. The SMILES string of the molecule is C[C@@H]1CN(c2cc(N3CCN(CC4=C(c5ccc(Cl)cc5)CC(C)(C)CC4)CC3)ccc2C(=O)NS(=O)(=O)c2cc3c(c([N+](=O)[O-])c2)N[C@@H](CN2CCN(C)CC2)CO3)c2cc3cc[nH]c3nc2O1. The van der Waals surface area contributed by atoms with Gasteiger partial charge in [-0.2, -0.15) is 4.98 Å². The summed E-state index contributed by atoms with van der Waals surface area (Å²) in [4.78, 5) is 45.1. The number of carbonyl (C=O) groups is 1. The topological polar surface area (TPSA) is 182 Å². The zero-order valence-electron chi connectivity index (χ0n) is 39.5. The minimum Gasteiger partial charge on any atom is -0.489 e. The van der Waals surface area contributed by atoms with E-state index in [9.17, 15) is 23.3 Å². The maximum atomic E-state index is 14.5. The van der Waals surface area contributed by atoms with Gasteiger partial charge in [-0.15, -0.1) is 0 Å². The molecule has 3 aromatic carbocycles. The second-order valence-electron chi connectivity index (χ2n) is 19.9. The summed E-state index contributed by atoms with van der Waals surface area (Å²) in [7, 11) is -2.60. The third-order valence-corrected chi connectivity index (χ3v) is 15.8. The summed E-state index contributed by atoms with van der Waals surface area (Å²) in [6, 6.07) is 19.5. The quantitative estimate of drug-likeness (QED) is 0.0882. The standard InChI is InChI=1S/C50H59ClN10O7S/c1-32-28-60(44-23-34-12-14-52-47(34)54-49(44)68-32)42-24-38(59-21-19-57(20-22-59)29-35-11-13-50(2,3)27-41(35)33-5-7-36(51)8-6-33)9-10-40(42)48(62)55-69(65,66)39-25-43(61(63)64)46-45(26-39)67-31-37(53-46)30-58-17-15-56(4)16-18-58/h5-10,12,14,23-26,32,37,53H,11,13,15-22,27-31H2,1-4H3,(H,52,54)(H,55,62)/t32-,37+/m1/s1. The van der Waals surface area contributed by atoms with Gasteiger partial charge >= 0.3 is 0 Å². The van der Waals surface area contributed by atoms with Crippen LogP contribution < -0.4 is 29.3 Å². The van der Waals surface area contributed by atoms with E-state index in [1.165, 1.54) is 22.8 Å². The molecule has 17 nitrogen and oxygen atoms in total. The molecule has 69 heavy (non-hydrogen) atoms. The maximum Gasteiger partial charge on any atom is 0.297 e. The van der Waals surface area contributed by atoms with Gasteiger partial charge in [-0.05, 0) is 92.2 Å². The minimum atomic E-state index is -4.67. The Morgan fingerprint density at radius 1 is 0.971 bits per heavy atom. The number of aromatic nitrogens is 2. The Balaban J connectivity index is 0.921. The lowest BCUT2D eigenvalue weighted by atomic mass is 9.72. The van der Waals surface area contributed by atoms with E-state index in [1.807, 2.05) is 48.2 Å². The van der Waals surface area contributed by atoms with Crippen LogP contribution in [0.4, 0.5) is 28.4 Å². The molecular formula is C50H59ClN10O7S. The average Bonchev–Trinajstić information content (AvgIpc) is 3.79. The normalized spacial score (nSPS) is 21.2. The molecule has 2 aromatic heterocycles. The summed E-state index contributed by atoms with van der Waals surface area (Å²) in [5.74, 6) is -0.494. The maximum absolute atomic E-state index is 14.5. The molecule has 19 heteroatoms. The fourth-order valence-electron chi connectivity index (χ4n) is 10.3. The van der Waals surface area contributed by atoms with Crippen LogP contribution >= 0.6 is 11.6 Å². The van der Waals surface area contributed by atoms with E-state index in [0.717, 1.165) is 100 Å². The molecule has 6 heterocycles. The highest BCUT2D eigenvalue weighted by atomic mass is 35.5. The van der Waals surface area contributed by atoms with Crippen molar-refractivity contribution in [3.8, 4) is 11.6 Å². The number of sulfonamides is 1. The molecule has 364 valence electrons. The summed E-state index contributed by atoms with van der Waals surface area (Å²) < 4.78 is 42.9. The van der Waals surface area contributed by atoms with E-state index in [0.29, 0.717) is 36.0 Å². The third kappa shape index (κ3) is 9.95. The number of likely N-dealkylation sites (N-methyl/N-ethyl adjacent to an activating group) is 1. The number of fused-ring (bicyclic) bond motifs is 3. The first kappa shape index (κ1) is 46.8. The van der Waals surface area contributed by atoms with Crippen LogP contribution in [-0.4, -0.2) is 142 Å². The third-order valence-electron chi connectivity index (χ3n) is 14.2. The fraction of sp³-hybridized carbons (Fsp3) is 0.440. The zero-order valence-corrected chi connectivity index (χ0v) is 41.0. The fourth-order valence-corrected chi connectivity index (χ4v) is 11.4. The van der Waals surface area contributed by atoms with Crippen LogP contribution in [0, 0.1) is 15.5 Å². The number of allylic oxidation sites excluding steroid dienone is 1. The second kappa shape index (κ2) is 18.8. The number of benzene rings is 3. The Hall–Kier alpha value is -5.92. The Bertz CT molecular complexity index is 2930. The van der Waals surface area contributed by atoms with Gasteiger partial charge in [0.15, 0.2) is 11.4 Å². The van der Waals surface area contributed by atoms with Crippen molar-refractivity contribution in [2.24, 2.45) is 5.41 Å². The number of amides is 1. The number of carbonyl (C=O) groups excluding carboxylic acids is 1. The first-order chi connectivity index (χ1) is 33.1. The van der Waals surface area contributed by atoms with Gasteiger partial charge in [-0.3, -0.25) is 24.7 Å². The van der Waals surface area contributed by atoms with Crippen molar-refractivity contribution in [1.29, 1.82) is 0 Å². The van der Waals surface area contributed by atoms with E-state index in [4.69, 9.17) is 26.1 Å². The summed E-state index contributed by atoms with van der Waals surface area (Å²) in [6.45, 7) is 15.3. The zero-order chi connectivity index (χ0) is 48.2. The van der Waals surface area contributed by atoms with Crippen molar-refractivity contribution in [2.45, 2.75) is 57.1 Å². The largest absolute Gasteiger partial charge is 0.489 e. The summed E-state index contributed by atoms with van der Waals surface area (Å²) in [5.41, 5.74) is 6.70. The van der Waals surface area contributed by atoms with Gasteiger partial charge in [0.1, 0.15) is 24.0 Å². The summed E-state index contributed by atoms with van der Waals surface area (Å²) in [5, 5.41) is 17.3. The second-order valence-corrected chi connectivity index (χ2v) is 22.0. The van der Waals surface area contributed by atoms with Gasteiger partial charge in [0, 0.05) is 99.9 Å². The highest BCUT2D eigenvalue weighted by Gasteiger charge is 2.36. The number of rotatable bonds is 11. The van der Waals surface area contributed by atoms with E-state index >= 15 is 0 Å². The number of nitrogens with one attached hydrogen (secondary N) is 3. The Kier molecular flexibility index (Phi) is 12.7. The summed E-state index contributed by atoms with van der Waals surface area (Å²) >= 11 is 6.28. The van der Waals surface area contributed by atoms with Crippen LogP contribution in [-0.2, 0) is 10.0 Å². The van der Waals surface area contributed by atoms with Gasteiger partial charge in [0.05, 0.1) is 33.7 Å². The minimum absolute atomic E-state index is 0.0284. The van der Waals surface area contributed by atoms with E-state index in [2.05, 4.69) is 67.7 Å². The monoisotopic (exact) mass is 978 g/mol. The van der Waals surface area contributed by atoms with Crippen LogP contribution in [0.5, 0.6) is 11.6 Å². The lowest BCUT2D eigenvalue weighted by Gasteiger charge is -2.40. The average molecular weight is 980 g/mol. The number of hydrogen-bond donors (Lipinski definition) is 3. The molecule has 3 N–H and O–H groups in total. The lowest BCUT2D eigenvalue weighted by molar-refractivity contribution is -0.384. The van der Waals surface area contributed by atoms with Gasteiger partial charge < -0.3 is 34.5 Å². The van der Waals surface area contributed by atoms with Crippen LogP contribution in [0.1, 0.15) is 56.0 Å². The number of anilines is 4. The number of aromatic amines is 1. The van der Waals surface area contributed by atoms with Crippen molar-refractivity contribution in [2.75, 3.05) is 101 Å². The van der Waals surface area contributed by atoms with Crippen LogP contribution in [0.2, 0.25) is 5.02 Å². The predicted molar refractivity (Wildman–Crippen MR) is 269 cm³/mol. The van der Waals surface area contributed by atoms with Crippen LogP contribution in [0.3, 0.4) is 0 Å². The molecule has 1 amide bonds. The van der Waals surface area contributed by atoms with Crippen molar-refractivity contribution in [3.05, 3.63) is 105 Å². The van der Waals surface area contributed by atoms with E-state index in [-0.39, 0.29) is 41.2 Å². The number of nitro groups is 1. The van der Waals surface area contributed by atoms with Crippen LogP contribution in [0.25, 0.3) is 16.6 Å². The molecule has 0 saturated carbocycles. The molecule has 2 atom stereocenters. The number of hydrogen-bond acceptors (Lipinski definition) is 14. The van der Waals surface area contributed by atoms with Crippen molar-refractivity contribution in [3.63, 3.8) is 0 Å². The molecule has 5 aliphatic rings. The van der Waals surface area contributed by atoms with E-state index < -0.39 is 31.4 Å². The molecular weight excluding hydrogens is 920 g/mol. The van der Waals surface area contributed by atoms with Crippen LogP contribution in [0.15, 0.2) is 83.4 Å². The van der Waals surface area contributed by atoms with Gasteiger partial charge in [-0.25, -0.2) is 13.1 Å². The highest BCUT2D eigenvalue weighted by molar-refractivity contribution is 7.90. The number of nitrogens with zero attached hydrogens (tertiary/aromatic N) is 7. The Morgan fingerprint density at radius 3 is 2.48 bits per heavy atom. The summed E-state index contributed by atoms with van der Waals surface area (Å²) in [6.07, 6.45) is 4.65. The number of ether oxygens (including phenoxy) is 2. The van der Waals surface area contributed by atoms with Gasteiger partial charge in [-0.1, -0.05) is 43.2 Å². The number of nitro benzene ring substituents is 1. The van der Waals surface area contributed by atoms with Gasteiger partial charge in [0.25, 0.3) is 21.6 Å². The van der Waals surface area contributed by atoms with E-state index in [1.54, 1.807) is 12.3 Å². The Labute approximate surface area is 407 Å². The molecule has 10 rings (SSSR count). The molecule has 0 unspecified atom stereocenters. The predicted octanol–water partition coefficient (Wildman–Crippen LogP) is 7.37. The molecule has 5 aromatic rings. The molecule has 0 spiro atoms. The number of halogens is 1. The Morgan fingerprint density at radius 2 is 1.72 bits per heavy atom. The van der Waals surface area contributed by atoms with Crippen molar-refractivity contribution >= 4 is 72.6 Å². The molecule has 2 fully saturated rings. The van der Waals surface area contributed by atoms with Crippen molar-refractivity contribution in [1.82, 2.24) is 29.4 Å². The molecule has 0 bridgehead atoms. The molecule has 1 aliphatic carbocycles. The first-order valence-electron chi connectivity index (χ1n) is 23.8.